The Kier molecular flexibility index (Phi) is 10.8. The summed E-state index contributed by atoms with van der Waals surface area (Å²) in [4.78, 5) is 42.9. The second-order valence-corrected chi connectivity index (χ2v) is 16.2. The Morgan fingerprint density at radius 3 is 2.45 bits per heavy atom. The molecule has 0 bridgehead atoms. The highest BCUT2D eigenvalue weighted by atomic mass is 35.5. The van der Waals surface area contributed by atoms with Gasteiger partial charge in [-0.05, 0) is 58.4 Å². The fourth-order valence-corrected chi connectivity index (χ4v) is 7.76. The van der Waals surface area contributed by atoms with Crippen molar-refractivity contribution in [2.45, 2.75) is 70.9 Å². The number of pyridine rings is 2. The van der Waals surface area contributed by atoms with Crippen LogP contribution < -0.4 is 14.8 Å². The molecule has 56 heavy (non-hydrogen) atoms. The number of rotatable bonds is 11. The summed E-state index contributed by atoms with van der Waals surface area (Å²) >= 11 is 14.3. The number of nitrogens with zero attached hydrogens (tertiary/aromatic N) is 7. The molecule has 5 aromatic rings. The van der Waals surface area contributed by atoms with Gasteiger partial charge in [0.05, 0.1) is 54.3 Å². The maximum Gasteiger partial charge on any atom is 0.410 e. The first-order valence-electron chi connectivity index (χ1n) is 18.2. The SMILES string of the molecule is COc1nc(-c2cccc(-c3ccnc(-c4cc5c(OC)nc(CN6CC(C)(O)C6)nn5c4)c3Cl)c2Cl)ccc1CN(C[C@@H]1CCC(=O)N1)C(=O)OC(C)(C)C. The molecule has 1 atom stereocenters. The molecular weight excluding hydrogens is 759 g/mol. The number of aliphatic hydroxyl groups is 1. The molecule has 0 unspecified atom stereocenters. The summed E-state index contributed by atoms with van der Waals surface area (Å²) < 4.78 is 18.8. The molecule has 0 radical (unpaired) electrons. The fourth-order valence-electron chi connectivity index (χ4n) is 7.11. The molecule has 7 rings (SSSR count). The van der Waals surface area contributed by atoms with E-state index in [1.165, 1.54) is 7.11 Å². The van der Waals surface area contributed by atoms with E-state index in [4.69, 9.17) is 47.5 Å². The van der Waals surface area contributed by atoms with Gasteiger partial charge in [-0.15, -0.1) is 0 Å². The molecule has 14 nitrogen and oxygen atoms in total. The maximum absolute atomic E-state index is 13.3. The van der Waals surface area contributed by atoms with E-state index in [1.807, 2.05) is 69.4 Å². The average Bonchev–Trinajstić information content (AvgIpc) is 3.75. The first kappa shape index (κ1) is 39.2. The maximum atomic E-state index is 13.3. The zero-order valence-electron chi connectivity index (χ0n) is 32.1. The van der Waals surface area contributed by atoms with Crippen LogP contribution in [0.3, 0.4) is 0 Å². The zero-order valence-corrected chi connectivity index (χ0v) is 33.6. The van der Waals surface area contributed by atoms with Gasteiger partial charge in [-0.25, -0.2) is 14.3 Å². The van der Waals surface area contributed by atoms with Gasteiger partial charge in [0.25, 0.3) is 0 Å². The summed E-state index contributed by atoms with van der Waals surface area (Å²) in [5.74, 6) is 1.24. The highest BCUT2D eigenvalue weighted by molar-refractivity contribution is 6.39. The molecule has 2 N–H and O–H groups in total. The zero-order chi connectivity index (χ0) is 39.9. The minimum Gasteiger partial charge on any atom is -0.481 e. The van der Waals surface area contributed by atoms with E-state index in [1.54, 1.807) is 29.6 Å². The average molecular weight is 804 g/mol. The van der Waals surface area contributed by atoms with Crippen LogP contribution in [-0.2, 0) is 22.6 Å². The van der Waals surface area contributed by atoms with E-state index < -0.39 is 17.3 Å². The first-order chi connectivity index (χ1) is 26.6. The second-order valence-electron chi connectivity index (χ2n) is 15.5. The predicted molar refractivity (Wildman–Crippen MR) is 212 cm³/mol. The van der Waals surface area contributed by atoms with E-state index in [0.717, 1.165) is 0 Å². The Labute approximate surface area is 334 Å². The number of carbonyl (C=O) groups excluding carboxylic acids is 2. The van der Waals surface area contributed by atoms with Gasteiger partial charge in [-0.3, -0.25) is 14.7 Å². The lowest BCUT2D eigenvalue weighted by Gasteiger charge is -2.43. The number of nitrogens with one attached hydrogen (secondary N) is 1. The standard InChI is InChI=1S/C40H44Cl2N8O6/c1-39(2,3)56-38(52)49(19-25-11-13-32(51)44-25)17-23-10-12-29(45-36(23)54-5)28-9-7-8-26(33(28)41)27-14-15-43-35(34(27)42)24-16-30-37(55-6)46-31(47-50(30)18-24)20-48-21-40(4,53)22-48/h7-10,12,14-16,18,25,53H,11,13,17,19-22H2,1-6H3,(H,44,51)/t25-/m0/s1. The largest absolute Gasteiger partial charge is 0.481 e. The van der Waals surface area contributed by atoms with Crippen molar-refractivity contribution in [3.8, 4) is 45.4 Å². The number of aromatic nitrogens is 5. The van der Waals surface area contributed by atoms with Crippen molar-refractivity contribution in [2.75, 3.05) is 33.9 Å². The molecule has 16 heteroatoms. The van der Waals surface area contributed by atoms with E-state index in [-0.39, 0.29) is 25.0 Å². The van der Waals surface area contributed by atoms with Crippen LogP contribution in [0.4, 0.5) is 4.79 Å². The number of benzene rings is 1. The van der Waals surface area contributed by atoms with E-state index in [2.05, 4.69) is 20.2 Å². The van der Waals surface area contributed by atoms with Gasteiger partial charge in [-0.2, -0.15) is 10.1 Å². The molecule has 2 amide bonds. The lowest BCUT2D eigenvalue weighted by molar-refractivity contribution is -0.119. The molecule has 0 spiro atoms. The number of carbonyl (C=O) groups is 2. The summed E-state index contributed by atoms with van der Waals surface area (Å²) in [5.41, 5.74) is 3.65. The highest BCUT2D eigenvalue weighted by Crippen LogP contribution is 2.42. The van der Waals surface area contributed by atoms with Crippen LogP contribution in [0.5, 0.6) is 11.8 Å². The van der Waals surface area contributed by atoms with Crippen LogP contribution in [0.1, 0.15) is 51.9 Å². The van der Waals surface area contributed by atoms with Crippen LogP contribution in [0.25, 0.3) is 39.2 Å². The highest BCUT2D eigenvalue weighted by Gasteiger charge is 2.37. The molecule has 0 aliphatic carbocycles. The van der Waals surface area contributed by atoms with E-state index in [9.17, 15) is 14.7 Å². The second kappa shape index (κ2) is 15.5. The molecule has 0 saturated carbocycles. The Morgan fingerprint density at radius 2 is 1.77 bits per heavy atom. The number of amides is 2. The number of likely N-dealkylation sites (tertiary alicyclic amines) is 1. The smallest absolute Gasteiger partial charge is 0.410 e. The minimum atomic E-state index is -0.706. The molecule has 1 aromatic carbocycles. The first-order valence-corrected chi connectivity index (χ1v) is 19.0. The lowest BCUT2D eigenvalue weighted by atomic mass is 9.97. The van der Waals surface area contributed by atoms with Crippen LogP contribution in [-0.4, -0.2) is 103 Å². The van der Waals surface area contributed by atoms with Crippen molar-refractivity contribution in [2.24, 2.45) is 0 Å². The number of halogens is 2. The number of methoxy groups -OCH3 is 2. The van der Waals surface area contributed by atoms with Crippen LogP contribution in [0.15, 0.2) is 54.9 Å². The topological polar surface area (TPSA) is 157 Å². The van der Waals surface area contributed by atoms with Gasteiger partial charge in [-0.1, -0.05) is 41.4 Å². The van der Waals surface area contributed by atoms with Crippen molar-refractivity contribution < 1.29 is 28.9 Å². The molecule has 2 aliphatic heterocycles. The number of hydrogen-bond donors (Lipinski definition) is 2. The Balaban J connectivity index is 1.17. The summed E-state index contributed by atoms with van der Waals surface area (Å²) in [6, 6.07) is 12.8. The quantitative estimate of drug-likeness (QED) is 0.152. The van der Waals surface area contributed by atoms with Crippen LogP contribution >= 0.6 is 23.2 Å². The van der Waals surface area contributed by atoms with Gasteiger partial charge < -0.3 is 29.5 Å². The third kappa shape index (κ3) is 8.38. The minimum absolute atomic E-state index is 0.0374. The summed E-state index contributed by atoms with van der Waals surface area (Å²) in [5, 5.41) is 18.6. The predicted octanol–water partition coefficient (Wildman–Crippen LogP) is 6.43. The van der Waals surface area contributed by atoms with Crippen molar-refractivity contribution >= 4 is 40.7 Å². The molecular formula is C40H44Cl2N8O6. The fraction of sp³-hybridized carbons (Fsp3) is 0.400. The Hall–Kier alpha value is -5.02. The lowest BCUT2D eigenvalue weighted by Crippen LogP contribution is -2.59. The molecule has 6 heterocycles. The number of ether oxygens (including phenoxy) is 3. The normalized spacial score (nSPS) is 16.7. The van der Waals surface area contributed by atoms with Gasteiger partial charge in [0.15, 0.2) is 5.82 Å². The third-order valence-corrected chi connectivity index (χ3v) is 10.3. The molecule has 2 fully saturated rings. The third-order valence-electron chi connectivity index (χ3n) is 9.56. The number of β-amino-alcohol motifs (C(OH)–C–C–N with tert-alkyl or cyclic N) is 1. The van der Waals surface area contributed by atoms with Crippen molar-refractivity contribution in [3.05, 3.63) is 76.3 Å². The van der Waals surface area contributed by atoms with Gasteiger partial charge in [0.1, 0.15) is 11.1 Å². The van der Waals surface area contributed by atoms with Crippen molar-refractivity contribution in [1.29, 1.82) is 0 Å². The van der Waals surface area contributed by atoms with Crippen molar-refractivity contribution in [1.82, 2.24) is 39.7 Å². The van der Waals surface area contributed by atoms with Gasteiger partial charge in [0, 0.05) is 72.3 Å². The Bertz CT molecular complexity index is 2300. The van der Waals surface area contributed by atoms with E-state index in [0.29, 0.717) is 105 Å². The summed E-state index contributed by atoms with van der Waals surface area (Å²) in [7, 11) is 3.08. The van der Waals surface area contributed by atoms with Gasteiger partial charge >= 0.3 is 6.09 Å². The number of hydrogen-bond acceptors (Lipinski definition) is 11. The van der Waals surface area contributed by atoms with Crippen LogP contribution in [0, 0.1) is 0 Å². The summed E-state index contributed by atoms with van der Waals surface area (Å²) in [6.45, 7) is 9.20. The van der Waals surface area contributed by atoms with Crippen LogP contribution in [0.2, 0.25) is 10.0 Å². The molecule has 4 aromatic heterocycles. The number of fused-ring (bicyclic) bond motifs is 1. The van der Waals surface area contributed by atoms with Gasteiger partial charge in [0.2, 0.25) is 17.7 Å². The Morgan fingerprint density at radius 1 is 1.04 bits per heavy atom. The van der Waals surface area contributed by atoms with Crippen molar-refractivity contribution in [3.63, 3.8) is 0 Å². The molecule has 2 aliphatic rings. The molecule has 294 valence electrons. The summed E-state index contributed by atoms with van der Waals surface area (Å²) in [6.07, 6.45) is 4.05. The monoisotopic (exact) mass is 802 g/mol. The molecule has 2 saturated heterocycles. The van der Waals surface area contributed by atoms with E-state index >= 15 is 0 Å².